The summed E-state index contributed by atoms with van der Waals surface area (Å²) in [5.41, 5.74) is 1.17. The number of ketones is 1. The maximum atomic E-state index is 12.7. The van der Waals surface area contributed by atoms with Gasteiger partial charge in [0, 0.05) is 10.6 Å². The van der Waals surface area contributed by atoms with E-state index in [4.69, 9.17) is 21.1 Å². The third-order valence-corrected chi connectivity index (χ3v) is 4.62. The maximum Gasteiger partial charge on any atom is 0.308 e. The molecule has 1 N–H and O–H groups in total. The first-order valence-corrected chi connectivity index (χ1v) is 10.1. The number of Topliss-reactive ketones (excluding diaryl/α,β-unsaturated/α-hetero) is 1. The number of ether oxygens (including phenoxy) is 2. The third-order valence-electron chi connectivity index (χ3n) is 4.28. The van der Waals surface area contributed by atoms with Crippen molar-refractivity contribution in [2.24, 2.45) is 0 Å². The van der Waals surface area contributed by atoms with E-state index in [1.807, 2.05) is 0 Å². The fourth-order valence-corrected chi connectivity index (χ4v) is 3.06. The summed E-state index contributed by atoms with van der Waals surface area (Å²) in [7, 11) is 0. The molecular weight excluding hydrogens is 406 g/mol. The number of carbonyl (C=O) groups is 3. The SMILES string of the molecule is CC(=O)c1ccc(OC(C)C(=O)NC(CC(=O)OC(C)C)c2ccccc2Cl)cc1. The highest BCUT2D eigenvalue weighted by Gasteiger charge is 2.25. The molecule has 7 heteroatoms. The molecule has 1 amide bonds. The van der Waals surface area contributed by atoms with Gasteiger partial charge in [0.1, 0.15) is 5.75 Å². The van der Waals surface area contributed by atoms with Crippen LogP contribution in [0.4, 0.5) is 0 Å². The van der Waals surface area contributed by atoms with Crippen LogP contribution in [0.3, 0.4) is 0 Å². The third kappa shape index (κ3) is 6.88. The zero-order chi connectivity index (χ0) is 22.3. The summed E-state index contributed by atoms with van der Waals surface area (Å²) in [6.45, 7) is 6.60. The van der Waals surface area contributed by atoms with E-state index in [0.29, 0.717) is 21.9 Å². The Morgan fingerprint density at radius 2 is 1.63 bits per heavy atom. The van der Waals surface area contributed by atoms with Crippen molar-refractivity contribution in [3.05, 3.63) is 64.7 Å². The lowest BCUT2D eigenvalue weighted by molar-refractivity contribution is -0.148. The van der Waals surface area contributed by atoms with Crippen LogP contribution in [0, 0.1) is 0 Å². The van der Waals surface area contributed by atoms with Gasteiger partial charge < -0.3 is 14.8 Å². The van der Waals surface area contributed by atoms with Crippen molar-refractivity contribution >= 4 is 29.3 Å². The monoisotopic (exact) mass is 431 g/mol. The Morgan fingerprint density at radius 3 is 2.20 bits per heavy atom. The molecule has 0 aliphatic carbocycles. The van der Waals surface area contributed by atoms with Crippen molar-refractivity contribution in [3.8, 4) is 5.75 Å². The van der Waals surface area contributed by atoms with E-state index in [1.54, 1.807) is 69.3 Å². The van der Waals surface area contributed by atoms with Crippen LogP contribution < -0.4 is 10.1 Å². The van der Waals surface area contributed by atoms with Gasteiger partial charge in [-0.2, -0.15) is 0 Å². The van der Waals surface area contributed by atoms with E-state index in [9.17, 15) is 14.4 Å². The maximum absolute atomic E-state index is 12.7. The minimum absolute atomic E-state index is 0.0526. The van der Waals surface area contributed by atoms with Crippen LogP contribution in [0.15, 0.2) is 48.5 Å². The first kappa shape index (κ1) is 23.4. The highest BCUT2D eigenvalue weighted by molar-refractivity contribution is 6.31. The lowest BCUT2D eigenvalue weighted by Crippen LogP contribution is -2.39. The Bertz CT molecular complexity index is 895. The Labute approximate surface area is 181 Å². The van der Waals surface area contributed by atoms with E-state index in [0.717, 1.165) is 0 Å². The zero-order valence-corrected chi connectivity index (χ0v) is 18.2. The van der Waals surface area contributed by atoms with E-state index in [2.05, 4.69) is 5.32 Å². The Hall–Kier alpha value is -2.86. The van der Waals surface area contributed by atoms with Crippen LogP contribution >= 0.6 is 11.6 Å². The molecular formula is C23H26ClNO5. The number of halogens is 1. The number of benzene rings is 2. The highest BCUT2D eigenvalue weighted by atomic mass is 35.5. The molecule has 2 aromatic rings. The Balaban J connectivity index is 2.11. The van der Waals surface area contributed by atoms with Crippen LogP contribution in [-0.2, 0) is 14.3 Å². The lowest BCUT2D eigenvalue weighted by atomic mass is 10.0. The van der Waals surface area contributed by atoms with Crippen LogP contribution in [-0.4, -0.2) is 29.9 Å². The predicted molar refractivity (Wildman–Crippen MR) is 115 cm³/mol. The number of amides is 1. The molecule has 0 heterocycles. The molecule has 2 unspecified atom stereocenters. The summed E-state index contributed by atoms with van der Waals surface area (Å²) in [6, 6.07) is 12.9. The molecule has 160 valence electrons. The van der Waals surface area contributed by atoms with E-state index in [1.165, 1.54) is 6.92 Å². The second-order valence-electron chi connectivity index (χ2n) is 7.17. The summed E-state index contributed by atoms with van der Waals surface area (Å²) in [4.78, 5) is 36.3. The van der Waals surface area contributed by atoms with Crippen molar-refractivity contribution in [1.82, 2.24) is 5.32 Å². The summed E-state index contributed by atoms with van der Waals surface area (Å²) < 4.78 is 10.9. The highest BCUT2D eigenvalue weighted by Crippen LogP contribution is 2.26. The van der Waals surface area contributed by atoms with Gasteiger partial charge in [0.2, 0.25) is 0 Å². The molecule has 6 nitrogen and oxygen atoms in total. The van der Waals surface area contributed by atoms with Crippen LogP contribution in [0.5, 0.6) is 5.75 Å². The molecule has 2 atom stereocenters. The number of nitrogens with one attached hydrogen (secondary N) is 1. The van der Waals surface area contributed by atoms with Crippen molar-refractivity contribution < 1.29 is 23.9 Å². The molecule has 30 heavy (non-hydrogen) atoms. The topological polar surface area (TPSA) is 81.7 Å². The minimum Gasteiger partial charge on any atom is -0.481 e. The summed E-state index contributed by atoms with van der Waals surface area (Å²) in [5, 5.41) is 3.26. The number of hydrogen-bond donors (Lipinski definition) is 1. The van der Waals surface area contributed by atoms with Gasteiger partial charge in [-0.05, 0) is 63.6 Å². The Kier molecular flexibility index (Phi) is 8.42. The standard InChI is InChI=1S/C23H26ClNO5/c1-14(2)29-22(27)13-21(19-7-5-6-8-20(19)24)25-23(28)16(4)30-18-11-9-17(10-12-18)15(3)26/h5-12,14,16,21H,13H2,1-4H3,(H,25,28). The van der Waals surface area contributed by atoms with Crippen LogP contribution in [0.25, 0.3) is 0 Å². The first-order valence-electron chi connectivity index (χ1n) is 9.69. The van der Waals surface area contributed by atoms with Gasteiger partial charge in [-0.15, -0.1) is 0 Å². The molecule has 0 aliphatic heterocycles. The molecule has 2 rings (SSSR count). The molecule has 0 aliphatic rings. The van der Waals surface area contributed by atoms with Gasteiger partial charge in [-0.25, -0.2) is 0 Å². The fraction of sp³-hybridized carbons (Fsp3) is 0.348. The van der Waals surface area contributed by atoms with Crippen LogP contribution in [0.1, 0.15) is 56.1 Å². The normalized spacial score (nSPS) is 12.7. The van der Waals surface area contributed by atoms with E-state index in [-0.39, 0.29) is 18.3 Å². The molecule has 0 saturated carbocycles. The lowest BCUT2D eigenvalue weighted by Gasteiger charge is -2.23. The summed E-state index contributed by atoms with van der Waals surface area (Å²) in [5.74, 6) is -0.448. The summed E-state index contributed by atoms with van der Waals surface area (Å²) >= 11 is 6.28. The number of rotatable bonds is 9. The zero-order valence-electron chi connectivity index (χ0n) is 17.5. The van der Waals surface area contributed by atoms with Crippen molar-refractivity contribution in [2.75, 3.05) is 0 Å². The van der Waals surface area contributed by atoms with Gasteiger partial charge in [-0.1, -0.05) is 29.8 Å². The van der Waals surface area contributed by atoms with Gasteiger partial charge in [0.25, 0.3) is 5.91 Å². The number of hydrogen-bond acceptors (Lipinski definition) is 5. The second-order valence-corrected chi connectivity index (χ2v) is 7.57. The van der Waals surface area contributed by atoms with Gasteiger partial charge in [0.15, 0.2) is 11.9 Å². The second kappa shape index (κ2) is 10.8. The van der Waals surface area contributed by atoms with Crippen molar-refractivity contribution in [2.45, 2.75) is 52.4 Å². The predicted octanol–water partition coefficient (Wildman–Crippen LogP) is 4.51. The number of carbonyl (C=O) groups excluding carboxylic acids is 3. The Morgan fingerprint density at radius 1 is 1.00 bits per heavy atom. The number of esters is 1. The minimum atomic E-state index is -0.834. The van der Waals surface area contributed by atoms with Gasteiger partial charge in [-0.3, -0.25) is 14.4 Å². The van der Waals surface area contributed by atoms with Gasteiger partial charge in [0.05, 0.1) is 18.6 Å². The molecule has 0 radical (unpaired) electrons. The first-order chi connectivity index (χ1) is 14.2. The quantitative estimate of drug-likeness (QED) is 0.466. The molecule has 0 spiro atoms. The molecule has 0 bridgehead atoms. The van der Waals surface area contributed by atoms with E-state index >= 15 is 0 Å². The fourth-order valence-electron chi connectivity index (χ4n) is 2.79. The van der Waals surface area contributed by atoms with Crippen molar-refractivity contribution in [3.63, 3.8) is 0 Å². The van der Waals surface area contributed by atoms with E-state index < -0.39 is 24.0 Å². The largest absolute Gasteiger partial charge is 0.481 e. The molecule has 2 aromatic carbocycles. The molecule has 0 fully saturated rings. The average Bonchev–Trinajstić information content (AvgIpc) is 2.67. The summed E-state index contributed by atoms with van der Waals surface area (Å²) in [6.07, 6.45) is -1.16. The smallest absolute Gasteiger partial charge is 0.308 e. The van der Waals surface area contributed by atoms with Crippen LogP contribution in [0.2, 0.25) is 5.02 Å². The molecule has 0 saturated heterocycles. The average molecular weight is 432 g/mol. The van der Waals surface area contributed by atoms with Gasteiger partial charge >= 0.3 is 5.97 Å². The van der Waals surface area contributed by atoms with Crippen molar-refractivity contribution in [1.29, 1.82) is 0 Å². The molecule has 0 aromatic heterocycles.